The van der Waals surface area contributed by atoms with Crippen molar-refractivity contribution in [3.05, 3.63) is 58.1 Å². The van der Waals surface area contributed by atoms with E-state index in [1.54, 1.807) is 37.3 Å². The number of carbonyl (C=O) groups excluding carboxylic acids is 2. The average Bonchev–Trinajstić information content (AvgIpc) is 2.79. The van der Waals surface area contributed by atoms with Gasteiger partial charge in [0.05, 0.1) is 24.1 Å². The maximum atomic E-state index is 13.3. The summed E-state index contributed by atoms with van der Waals surface area (Å²) in [4.78, 5) is 27.5. The molecule has 2 amide bonds. The van der Waals surface area contributed by atoms with Crippen LogP contribution in [0.15, 0.2) is 42.5 Å². The monoisotopic (exact) mass is 557 g/mol. The van der Waals surface area contributed by atoms with Crippen molar-refractivity contribution in [2.75, 3.05) is 24.2 Å². The number of benzene rings is 2. The third-order valence-electron chi connectivity index (χ3n) is 5.47. The van der Waals surface area contributed by atoms with E-state index >= 15 is 0 Å². The molecule has 0 aliphatic carbocycles. The molecular formula is C25H33Cl2N3O5S. The van der Waals surface area contributed by atoms with E-state index < -0.39 is 16.1 Å². The van der Waals surface area contributed by atoms with Crippen LogP contribution >= 0.6 is 23.2 Å². The van der Waals surface area contributed by atoms with Crippen molar-refractivity contribution in [2.24, 2.45) is 0 Å². The Morgan fingerprint density at radius 2 is 1.72 bits per heavy atom. The molecule has 0 aromatic heterocycles. The summed E-state index contributed by atoms with van der Waals surface area (Å²) in [5.41, 5.74) is 1.08. The highest BCUT2D eigenvalue weighted by Crippen LogP contribution is 2.30. The number of halogens is 2. The quantitative estimate of drug-likeness (QED) is 0.414. The lowest BCUT2D eigenvalue weighted by Gasteiger charge is -2.30. The normalized spacial score (nSPS) is 12.2. The third kappa shape index (κ3) is 8.28. The number of hydrogen-bond donors (Lipinski definition) is 1. The lowest BCUT2D eigenvalue weighted by atomic mass is 10.1. The summed E-state index contributed by atoms with van der Waals surface area (Å²) >= 11 is 12.5. The molecule has 198 valence electrons. The molecule has 0 heterocycles. The van der Waals surface area contributed by atoms with Crippen LogP contribution in [0, 0.1) is 0 Å². The molecule has 0 saturated heterocycles. The Morgan fingerprint density at radius 1 is 1.06 bits per heavy atom. The topological polar surface area (TPSA) is 96.0 Å². The Hall–Kier alpha value is -2.49. The summed E-state index contributed by atoms with van der Waals surface area (Å²) in [5.74, 6) is -0.147. The van der Waals surface area contributed by atoms with Gasteiger partial charge in [0.1, 0.15) is 11.8 Å². The number of hydrogen-bond acceptors (Lipinski definition) is 5. The molecule has 1 unspecified atom stereocenters. The average molecular weight is 559 g/mol. The van der Waals surface area contributed by atoms with Gasteiger partial charge in [-0.25, -0.2) is 8.42 Å². The number of amides is 2. The van der Waals surface area contributed by atoms with Crippen LogP contribution in [-0.4, -0.2) is 57.1 Å². The second-order valence-electron chi connectivity index (χ2n) is 8.71. The van der Waals surface area contributed by atoms with Gasteiger partial charge in [0.2, 0.25) is 21.8 Å². The van der Waals surface area contributed by atoms with Crippen molar-refractivity contribution in [1.82, 2.24) is 10.2 Å². The first-order chi connectivity index (χ1) is 16.8. The van der Waals surface area contributed by atoms with Crippen LogP contribution in [0.4, 0.5) is 5.69 Å². The van der Waals surface area contributed by atoms with Crippen LogP contribution in [-0.2, 0) is 26.2 Å². The Morgan fingerprint density at radius 3 is 2.28 bits per heavy atom. The number of anilines is 1. The van der Waals surface area contributed by atoms with Gasteiger partial charge in [-0.1, -0.05) is 41.4 Å². The fourth-order valence-corrected chi connectivity index (χ4v) is 5.02. The summed E-state index contributed by atoms with van der Waals surface area (Å²) in [7, 11) is -2.17. The Kier molecular flexibility index (Phi) is 10.9. The van der Waals surface area contributed by atoms with Crippen molar-refractivity contribution in [2.45, 2.75) is 52.2 Å². The van der Waals surface area contributed by atoms with Gasteiger partial charge >= 0.3 is 0 Å². The standard InChI is InChI=1S/C25H33Cl2N3O5S/c1-17(2)28-25(32)18(3)29(16-19-9-6-7-10-21(19)26)24(31)11-8-14-30(36(5,33)34)20-12-13-23(35-4)22(27)15-20/h6-7,9-10,12-13,15,17-18H,8,11,14,16H2,1-5H3,(H,28,32). The molecule has 1 atom stereocenters. The number of methoxy groups -OCH3 is 1. The van der Waals surface area contributed by atoms with E-state index in [0.29, 0.717) is 22.0 Å². The van der Waals surface area contributed by atoms with E-state index in [0.717, 1.165) is 6.26 Å². The molecule has 2 rings (SSSR count). The molecule has 0 spiro atoms. The van der Waals surface area contributed by atoms with E-state index in [-0.39, 0.29) is 48.8 Å². The lowest BCUT2D eigenvalue weighted by Crippen LogP contribution is -2.49. The SMILES string of the molecule is COc1ccc(N(CCCC(=O)N(Cc2ccccc2Cl)C(C)C(=O)NC(C)C)S(C)(=O)=O)cc1Cl. The molecule has 1 N–H and O–H groups in total. The van der Waals surface area contributed by atoms with Crippen LogP contribution in [0.25, 0.3) is 0 Å². The summed E-state index contributed by atoms with van der Waals surface area (Å²) < 4.78 is 31.3. The number of carbonyl (C=O) groups is 2. The highest BCUT2D eigenvalue weighted by atomic mass is 35.5. The zero-order valence-electron chi connectivity index (χ0n) is 21.1. The van der Waals surface area contributed by atoms with Gasteiger partial charge in [-0.15, -0.1) is 0 Å². The molecule has 2 aromatic carbocycles. The molecule has 0 bridgehead atoms. The first kappa shape index (κ1) is 29.7. The number of nitrogens with zero attached hydrogens (tertiary/aromatic N) is 2. The van der Waals surface area contributed by atoms with Gasteiger partial charge < -0.3 is 15.0 Å². The van der Waals surface area contributed by atoms with Crippen LogP contribution < -0.4 is 14.4 Å². The Bertz CT molecular complexity index is 1170. The van der Waals surface area contributed by atoms with Crippen molar-refractivity contribution >= 4 is 50.7 Å². The van der Waals surface area contributed by atoms with E-state index in [1.165, 1.54) is 22.4 Å². The number of sulfonamides is 1. The third-order valence-corrected chi connectivity index (χ3v) is 7.33. The minimum Gasteiger partial charge on any atom is -0.495 e. The fourth-order valence-electron chi connectivity index (χ4n) is 3.61. The largest absolute Gasteiger partial charge is 0.495 e. The zero-order valence-corrected chi connectivity index (χ0v) is 23.5. The molecule has 11 heteroatoms. The van der Waals surface area contributed by atoms with Crippen LogP contribution in [0.5, 0.6) is 5.75 Å². The minimum atomic E-state index is -3.64. The van der Waals surface area contributed by atoms with Gasteiger partial charge in [0.15, 0.2) is 0 Å². The predicted octanol–water partition coefficient (Wildman–Crippen LogP) is 4.49. The number of ether oxygens (including phenoxy) is 1. The fraction of sp³-hybridized carbons (Fsp3) is 0.440. The molecule has 0 aliphatic heterocycles. The van der Waals surface area contributed by atoms with Crippen molar-refractivity contribution < 1.29 is 22.7 Å². The summed E-state index contributed by atoms with van der Waals surface area (Å²) in [5, 5.41) is 3.60. The van der Waals surface area contributed by atoms with Crippen LogP contribution in [0.3, 0.4) is 0 Å². The summed E-state index contributed by atoms with van der Waals surface area (Å²) in [6, 6.07) is 11.0. The molecule has 2 aromatic rings. The van der Waals surface area contributed by atoms with Crippen LogP contribution in [0.2, 0.25) is 10.0 Å². The Labute approximate surface area is 223 Å². The molecule has 0 aliphatic rings. The van der Waals surface area contributed by atoms with E-state index in [2.05, 4.69) is 5.32 Å². The maximum absolute atomic E-state index is 13.3. The van der Waals surface area contributed by atoms with E-state index in [9.17, 15) is 18.0 Å². The Balaban J connectivity index is 2.20. The summed E-state index contributed by atoms with van der Waals surface area (Å²) in [6.45, 7) is 5.55. The molecule has 0 radical (unpaired) electrons. The molecule has 36 heavy (non-hydrogen) atoms. The van der Waals surface area contributed by atoms with E-state index in [1.807, 2.05) is 19.9 Å². The molecule has 8 nitrogen and oxygen atoms in total. The lowest BCUT2D eigenvalue weighted by molar-refractivity contribution is -0.140. The first-order valence-corrected chi connectivity index (χ1v) is 14.1. The van der Waals surface area contributed by atoms with Crippen LogP contribution in [0.1, 0.15) is 39.2 Å². The first-order valence-electron chi connectivity index (χ1n) is 11.5. The van der Waals surface area contributed by atoms with Gasteiger partial charge in [-0.05, 0) is 57.0 Å². The molecule has 0 saturated carbocycles. The highest BCUT2D eigenvalue weighted by Gasteiger charge is 2.27. The van der Waals surface area contributed by atoms with Gasteiger partial charge in [0, 0.05) is 30.6 Å². The van der Waals surface area contributed by atoms with Gasteiger partial charge in [-0.3, -0.25) is 13.9 Å². The second-order valence-corrected chi connectivity index (χ2v) is 11.4. The zero-order chi connectivity index (χ0) is 27.0. The smallest absolute Gasteiger partial charge is 0.242 e. The number of nitrogens with one attached hydrogen (secondary N) is 1. The highest BCUT2D eigenvalue weighted by molar-refractivity contribution is 7.92. The van der Waals surface area contributed by atoms with Crippen molar-refractivity contribution in [3.63, 3.8) is 0 Å². The molecular weight excluding hydrogens is 525 g/mol. The minimum absolute atomic E-state index is 0.0274. The van der Waals surface area contributed by atoms with Crippen molar-refractivity contribution in [1.29, 1.82) is 0 Å². The molecule has 0 fully saturated rings. The predicted molar refractivity (Wildman–Crippen MR) is 144 cm³/mol. The van der Waals surface area contributed by atoms with E-state index in [4.69, 9.17) is 27.9 Å². The summed E-state index contributed by atoms with van der Waals surface area (Å²) in [6.07, 6.45) is 1.35. The van der Waals surface area contributed by atoms with Gasteiger partial charge in [-0.2, -0.15) is 0 Å². The number of rotatable bonds is 12. The second kappa shape index (κ2) is 13.2. The maximum Gasteiger partial charge on any atom is 0.242 e. The van der Waals surface area contributed by atoms with Gasteiger partial charge in [0.25, 0.3) is 0 Å². The van der Waals surface area contributed by atoms with Crippen molar-refractivity contribution in [3.8, 4) is 5.75 Å².